The minimum Gasteiger partial charge on any atom is -0.490 e. The standard InChI is InChI=1S/C52H51F3N6O6S2/c1-30(2)45(59-28-35-10-8-9-11-39(35)47(59)63)48(64)58-27-31(3)24-42(58)43(62)21-14-33-12-13-34(46-32(4)57-29-69-46)25-44(33)67-23-22-66-38-18-15-36(16-19-38)61-50(68)60(49(65)51(61,5)6)37-17-20-41(56-7)40(26-37)52(53,54)55/h8-13,15-20,25-26,29-31,42,45H,14,21-24,27-28H2,1-6H3/t31-,42+,45+/m1/s1. The highest BCUT2D eigenvalue weighted by Crippen LogP contribution is 2.43. The molecule has 358 valence electrons. The van der Waals surface area contributed by atoms with Crippen LogP contribution in [0.15, 0.2) is 90.4 Å². The van der Waals surface area contributed by atoms with Gasteiger partial charge in [0.05, 0.1) is 34.3 Å². The summed E-state index contributed by atoms with van der Waals surface area (Å²) >= 11 is 7.20. The number of hydrogen-bond donors (Lipinski definition) is 0. The number of benzene rings is 4. The molecule has 4 heterocycles. The number of ketones is 1. The molecule has 8 rings (SSSR count). The number of amides is 3. The first kappa shape index (κ1) is 48.8. The van der Waals surface area contributed by atoms with E-state index in [9.17, 15) is 32.3 Å². The number of carbonyl (C=O) groups is 4. The summed E-state index contributed by atoms with van der Waals surface area (Å²) in [5.74, 6) is 0.0584. The van der Waals surface area contributed by atoms with Crippen molar-refractivity contribution in [3.8, 4) is 21.9 Å². The van der Waals surface area contributed by atoms with Crippen LogP contribution in [-0.4, -0.2) is 80.8 Å². The highest BCUT2D eigenvalue weighted by molar-refractivity contribution is 7.81. The molecule has 0 N–H and O–H groups in total. The van der Waals surface area contributed by atoms with Crippen LogP contribution < -0.4 is 19.3 Å². The van der Waals surface area contributed by atoms with Crippen molar-refractivity contribution in [3.63, 3.8) is 0 Å². The van der Waals surface area contributed by atoms with Gasteiger partial charge in [-0.25, -0.2) is 9.83 Å². The molecule has 4 aromatic carbocycles. The number of alkyl halides is 3. The molecule has 0 spiro atoms. The molecule has 0 aliphatic carbocycles. The van der Waals surface area contributed by atoms with Crippen LogP contribution in [0.25, 0.3) is 15.3 Å². The van der Waals surface area contributed by atoms with Crippen LogP contribution in [0.3, 0.4) is 0 Å². The third-order valence-electron chi connectivity index (χ3n) is 13.0. The van der Waals surface area contributed by atoms with Gasteiger partial charge < -0.3 is 24.2 Å². The first-order valence-electron chi connectivity index (χ1n) is 22.7. The monoisotopic (exact) mass is 976 g/mol. The molecule has 3 aliphatic rings. The predicted octanol–water partition coefficient (Wildman–Crippen LogP) is 10.5. The van der Waals surface area contributed by atoms with Crippen molar-refractivity contribution in [2.45, 2.75) is 91.1 Å². The molecule has 0 saturated carbocycles. The predicted molar refractivity (Wildman–Crippen MR) is 262 cm³/mol. The van der Waals surface area contributed by atoms with Crippen LogP contribution in [0.2, 0.25) is 0 Å². The van der Waals surface area contributed by atoms with Crippen molar-refractivity contribution < 1.29 is 41.8 Å². The van der Waals surface area contributed by atoms with Crippen LogP contribution in [0.1, 0.15) is 80.2 Å². The number of carbonyl (C=O) groups excluding carboxylic acids is 4. The lowest BCUT2D eigenvalue weighted by molar-refractivity contribution is -0.142. The number of thiazole rings is 1. The van der Waals surface area contributed by atoms with Crippen LogP contribution >= 0.6 is 23.6 Å². The van der Waals surface area contributed by atoms with Crippen molar-refractivity contribution in [2.75, 3.05) is 29.6 Å². The SMILES string of the molecule is [C-]#[N+]c1ccc(N2C(=O)C(C)(C)N(c3ccc(OCCOc4cc(-c5scnc5C)ccc4CCC(=O)[C@@H]4C[C@@H](C)CN4C(=O)[C@H](C(C)C)N4Cc5ccccc5C4=O)cc3)C2=S)cc1C(F)(F)F. The fourth-order valence-electron chi connectivity index (χ4n) is 9.53. The van der Waals surface area contributed by atoms with E-state index in [0.29, 0.717) is 48.7 Å². The Morgan fingerprint density at radius 3 is 2.36 bits per heavy atom. The second kappa shape index (κ2) is 19.4. The Balaban J connectivity index is 0.927. The number of fused-ring (bicyclic) bond motifs is 1. The Hall–Kier alpha value is -6.64. The molecule has 0 bridgehead atoms. The molecule has 0 radical (unpaired) electrons. The van der Waals surface area contributed by atoms with E-state index >= 15 is 0 Å². The number of aryl methyl sites for hydroxylation is 2. The molecule has 17 heteroatoms. The van der Waals surface area contributed by atoms with Gasteiger partial charge in [-0.2, -0.15) is 13.2 Å². The lowest BCUT2D eigenvalue weighted by Crippen LogP contribution is -2.54. The minimum atomic E-state index is -4.81. The third-order valence-corrected chi connectivity index (χ3v) is 14.3. The summed E-state index contributed by atoms with van der Waals surface area (Å²) < 4.78 is 54.0. The van der Waals surface area contributed by atoms with Gasteiger partial charge in [0.25, 0.3) is 11.8 Å². The van der Waals surface area contributed by atoms with E-state index in [2.05, 4.69) is 9.83 Å². The van der Waals surface area contributed by atoms with Crippen molar-refractivity contribution in [1.82, 2.24) is 14.8 Å². The van der Waals surface area contributed by atoms with E-state index in [1.165, 1.54) is 17.4 Å². The molecule has 69 heavy (non-hydrogen) atoms. The van der Waals surface area contributed by atoms with Crippen molar-refractivity contribution in [3.05, 3.63) is 130 Å². The van der Waals surface area contributed by atoms with E-state index in [1.807, 2.05) is 64.1 Å². The fourth-order valence-corrected chi connectivity index (χ4v) is 10.9. The summed E-state index contributed by atoms with van der Waals surface area (Å²) in [7, 11) is 0. The van der Waals surface area contributed by atoms with Gasteiger partial charge in [-0.05, 0) is 123 Å². The van der Waals surface area contributed by atoms with E-state index in [0.717, 1.165) is 44.3 Å². The van der Waals surface area contributed by atoms with Crippen LogP contribution in [0, 0.1) is 25.3 Å². The van der Waals surface area contributed by atoms with Gasteiger partial charge in [-0.1, -0.05) is 57.2 Å². The Bertz CT molecular complexity index is 2880. The number of nitrogens with zero attached hydrogens (tertiary/aromatic N) is 6. The third kappa shape index (κ3) is 9.56. The molecular weight excluding hydrogens is 926 g/mol. The Labute approximate surface area is 408 Å². The molecule has 2 fully saturated rings. The first-order chi connectivity index (χ1) is 32.8. The maximum absolute atomic E-state index is 14.4. The smallest absolute Gasteiger partial charge is 0.407 e. The van der Waals surface area contributed by atoms with Gasteiger partial charge in [0, 0.05) is 36.4 Å². The lowest BCUT2D eigenvalue weighted by atomic mass is 9.97. The van der Waals surface area contributed by atoms with E-state index in [-0.39, 0.29) is 59.9 Å². The summed E-state index contributed by atoms with van der Waals surface area (Å²) in [5.41, 5.74) is 3.31. The number of Topliss-reactive ketones (excluding diaryl/α,β-unsaturated/α-hetero) is 1. The lowest BCUT2D eigenvalue weighted by Gasteiger charge is -2.35. The minimum absolute atomic E-state index is 0.0192. The maximum atomic E-state index is 14.4. The number of halogens is 3. The van der Waals surface area contributed by atoms with Crippen molar-refractivity contribution >= 4 is 69.2 Å². The van der Waals surface area contributed by atoms with Crippen LogP contribution in [0.4, 0.5) is 30.2 Å². The van der Waals surface area contributed by atoms with Gasteiger partial charge in [-0.3, -0.25) is 24.1 Å². The van der Waals surface area contributed by atoms with Gasteiger partial charge in [0.1, 0.15) is 36.3 Å². The van der Waals surface area contributed by atoms with E-state index in [1.54, 1.807) is 64.4 Å². The summed E-state index contributed by atoms with van der Waals surface area (Å²) in [6, 6.07) is 21.9. The highest BCUT2D eigenvalue weighted by atomic mass is 32.1. The largest absolute Gasteiger partial charge is 0.490 e. The second-order valence-electron chi connectivity index (χ2n) is 18.5. The van der Waals surface area contributed by atoms with Crippen LogP contribution in [0.5, 0.6) is 11.5 Å². The summed E-state index contributed by atoms with van der Waals surface area (Å²) in [4.78, 5) is 70.2. The zero-order valence-corrected chi connectivity index (χ0v) is 40.6. The first-order valence-corrected chi connectivity index (χ1v) is 24.0. The normalized spacial score (nSPS) is 18.2. The molecule has 1 aromatic heterocycles. The number of aromatic nitrogens is 1. The maximum Gasteiger partial charge on any atom is 0.407 e. The van der Waals surface area contributed by atoms with Gasteiger partial charge in [0.2, 0.25) is 5.91 Å². The van der Waals surface area contributed by atoms with Crippen LogP contribution in [-0.2, 0) is 33.5 Å². The number of thiocarbonyl (C=S) groups is 1. The number of hydrogen-bond acceptors (Lipinski definition) is 9. The van der Waals surface area contributed by atoms with Gasteiger partial charge in [-0.15, -0.1) is 11.3 Å². The molecule has 2 saturated heterocycles. The van der Waals surface area contributed by atoms with E-state index in [4.69, 9.17) is 28.3 Å². The average molecular weight is 977 g/mol. The topological polar surface area (TPSA) is 117 Å². The van der Waals surface area contributed by atoms with Crippen molar-refractivity contribution in [2.24, 2.45) is 11.8 Å². The molecule has 0 unspecified atom stereocenters. The number of anilines is 2. The Morgan fingerprint density at radius 1 is 0.986 bits per heavy atom. The van der Waals surface area contributed by atoms with Crippen molar-refractivity contribution in [1.29, 1.82) is 0 Å². The Kier molecular flexibility index (Phi) is 13.7. The molecule has 12 nitrogen and oxygen atoms in total. The second-order valence-corrected chi connectivity index (χ2v) is 19.7. The van der Waals surface area contributed by atoms with Gasteiger partial charge >= 0.3 is 6.18 Å². The summed E-state index contributed by atoms with van der Waals surface area (Å²) in [5, 5.41) is -0.0192. The molecule has 3 amide bonds. The average Bonchev–Trinajstić information content (AvgIpc) is 4.06. The summed E-state index contributed by atoms with van der Waals surface area (Å²) in [6.45, 7) is 19.4. The number of likely N-dealkylation sites (tertiary alicyclic amines) is 1. The molecule has 3 aliphatic heterocycles. The summed E-state index contributed by atoms with van der Waals surface area (Å²) in [6.07, 6.45) is -3.73. The zero-order valence-electron chi connectivity index (χ0n) is 39.0. The molecule has 3 atom stereocenters. The Morgan fingerprint density at radius 2 is 1.70 bits per heavy atom. The molecule has 5 aromatic rings. The fraction of sp³-hybridized carbons (Fsp3) is 0.365. The molecular formula is C52H51F3N6O6S2. The zero-order chi connectivity index (χ0) is 49.5. The number of rotatable bonds is 15. The highest BCUT2D eigenvalue weighted by Gasteiger charge is 2.51. The van der Waals surface area contributed by atoms with E-state index < -0.39 is 41.0 Å². The quantitative estimate of drug-likeness (QED) is 0.0574. The number of ether oxygens (including phenoxy) is 2. The van der Waals surface area contributed by atoms with Gasteiger partial charge in [0.15, 0.2) is 16.6 Å².